The Kier molecular flexibility index (Phi) is 4.62. The van der Waals surface area contributed by atoms with Gasteiger partial charge in [-0.15, -0.1) is 0 Å². The van der Waals surface area contributed by atoms with Gasteiger partial charge in [0.05, 0.1) is 11.2 Å². The molecule has 124 valence electrons. The van der Waals surface area contributed by atoms with E-state index in [2.05, 4.69) is 26.2 Å². The highest BCUT2D eigenvalue weighted by Gasteiger charge is 2.23. The van der Waals surface area contributed by atoms with Crippen LogP contribution in [-0.4, -0.2) is 31.7 Å². The summed E-state index contributed by atoms with van der Waals surface area (Å²) in [6.07, 6.45) is 6.47. The van der Waals surface area contributed by atoms with Crippen molar-refractivity contribution >= 4 is 42.4 Å². The first-order valence-electron chi connectivity index (χ1n) is 7.65. The van der Waals surface area contributed by atoms with E-state index in [1.807, 2.05) is 18.2 Å². The Bertz CT molecular complexity index is 831. The van der Waals surface area contributed by atoms with E-state index in [1.54, 1.807) is 0 Å². The number of nitrogens with two attached hydrogens (primary N) is 1. The van der Waals surface area contributed by atoms with Gasteiger partial charge in [0, 0.05) is 34.4 Å². The zero-order valence-corrected chi connectivity index (χ0v) is 15.3. The highest BCUT2D eigenvalue weighted by molar-refractivity contribution is 9.10. The number of anilines is 1. The number of pyridine rings is 1. The van der Waals surface area contributed by atoms with E-state index in [9.17, 15) is 8.42 Å². The van der Waals surface area contributed by atoms with Gasteiger partial charge in [-0.25, -0.2) is 8.42 Å². The number of hydrogen-bond acceptors (Lipinski definition) is 5. The van der Waals surface area contributed by atoms with Crippen molar-refractivity contribution in [2.75, 3.05) is 11.6 Å². The number of halogens is 1. The molecular formula is C16H20BrN3O2S. The Labute approximate surface area is 144 Å². The molecule has 2 aromatic rings. The number of hydrogen-bond donors (Lipinski definition) is 2. The van der Waals surface area contributed by atoms with Crippen LogP contribution in [0.3, 0.4) is 0 Å². The van der Waals surface area contributed by atoms with E-state index in [0.717, 1.165) is 41.1 Å². The van der Waals surface area contributed by atoms with Crippen molar-refractivity contribution in [2.24, 2.45) is 5.73 Å². The van der Waals surface area contributed by atoms with Gasteiger partial charge >= 0.3 is 0 Å². The lowest BCUT2D eigenvalue weighted by Gasteiger charge is -2.28. The molecule has 0 spiro atoms. The number of nitrogens with zero attached hydrogens (tertiary/aromatic N) is 1. The van der Waals surface area contributed by atoms with Gasteiger partial charge in [0.1, 0.15) is 4.90 Å². The van der Waals surface area contributed by atoms with Gasteiger partial charge < -0.3 is 11.1 Å². The lowest BCUT2D eigenvalue weighted by molar-refractivity contribution is 0.411. The van der Waals surface area contributed by atoms with Crippen molar-refractivity contribution in [2.45, 2.75) is 42.7 Å². The number of nitrogens with one attached hydrogen (secondary N) is 1. The maximum Gasteiger partial charge on any atom is 0.179 e. The van der Waals surface area contributed by atoms with Gasteiger partial charge in [-0.3, -0.25) is 4.98 Å². The summed E-state index contributed by atoms with van der Waals surface area (Å²) in [7, 11) is -3.36. The van der Waals surface area contributed by atoms with Crippen molar-refractivity contribution in [3.05, 3.63) is 28.9 Å². The number of aromatic nitrogens is 1. The van der Waals surface area contributed by atoms with Crippen molar-refractivity contribution in [3.8, 4) is 0 Å². The molecular weight excluding hydrogens is 378 g/mol. The Morgan fingerprint density at radius 2 is 1.96 bits per heavy atom. The fraction of sp³-hybridized carbons (Fsp3) is 0.438. The summed E-state index contributed by atoms with van der Waals surface area (Å²) in [5.74, 6) is 0. The van der Waals surface area contributed by atoms with Gasteiger partial charge in [-0.1, -0.05) is 15.9 Å². The molecule has 7 heteroatoms. The lowest BCUT2D eigenvalue weighted by atomic mass is 9.91. The molecule has 1 aromatic carbocycles. The molecule has 1 aromatic heterocycles. The molecule has 3 rings (SSSR count). The van der Waals surface area contributed by atoms with E-state index in [1.165, 1.54) is 12.5 Å². The Balaban J connectivity index is 2.09. The minimum absolute atomic E-state index is 0.236. The summed E-state index contributed by atoms with van der Waals surface area (Å²) < 4.78 is 25.2. The van der Waals surface area contributed by atoms with Crippen LogP contribution < -0.4 is 11.1 Å². The minimum Gasteiger partial charge on any atom is -0.381 e. The van der Waals surface area contributed by atoms with Crippen LogP contribution in [0.4, 0.5) is 5.69 Å². The van der Waals surface area contributed by atoms with Crippen molar-refractivity contribution < 1.29 is 8.42 Å². The number of benzene rings is 1. The standard InChI is InChI=1S/C16H20BrN3O2S/c1-23(21,22)15-9-19-14-7-2-10(17)8-13(14)16(15)20-12-5-3-11(18)4-6-12/h2,7-9,11-12H,3-6,18H2,1H3,(H,19,20)/t11-,12-. The van der Waals surface area contributed by atoms with Gasteiger partial charge in [0.2, 0.25) is 0 Å². The van der Waals surface area contributed by atoms with Crippen LogP contribution in [0.5, 0.6) is 0 Å². The van der Waals surface area contributed by atoms with E-state index < -0.39 is 9.84 Å². The molecule has 0 radical (unpaired) electrons. The molecule has 0 saturated heterocycles. The normalized spacial score (nSPS) is 22.2. The Morgan fingerprint density at radius 1 is 1.26 bits per heavy atom. The summed E-state index contributed by atoms with van der Waals surface area (Å²) in [4.78, 5) is 4.54. The molecule has 23 heavy (non-hydrogen) atoms. The predicted molar refractivity (Wildman–Crippen MR) is 96.4 cm³/mol. The third-order valence-electron chi connectivity index (χ3n) is 4.31. The van der Waals surface area contributed by atoms with Crippen LogP contribution in [0.1, 0.15) is 25.7 Å². The second-order valence-electron chi connectivity index (χ2n) is 6.19. The fourth-order valence-corrected chi connectivity index (χ4v) is 4.19. The largest absolute Gasteiger partial charge is 0.381 e. The summed E-state index contributed by atoms with van der Waals surface area (Å²) in [5, 5.41) is 4.27. The van der Waals surface area contributed by atoms with E-state index in [4.69, 9.17) is 5.73 Å². The monoisotopic (exact) mass is 397 g/mol. The van der Waals surface area contributed by atoms with Crippen LogP contribution in [-0.2, 0) is 9.84 Å². The molecule has 1 saturated carbocycles. The van der Waals surface area contributed by atoms with Crippen molar-refractivity contribution in [1.82, 2.24) is 4.98 Å². The topological polar surface area (TPSA) is 85.1 Å². The van der Waals surface area contributed by atoms with Gasteiger partial charge in [0.15, 0.2) is 9.84 Å². The Morgan fingerprint density at radius 3 is 2.61 bits per heavy atom. The van der Waals surface area contributed by atoms with E-state index in [0.29, 0.717) is 5.69 Å². The average molecular weight is 398 g/mol. The first-order valence-corrected chi connectivity index (χ1v) is 10.3. The summed E-state index contributed by atoms with van der Waals surface area (Å²) in [5.41, 5.74) is 7.39. The molecule has 0 aliphatic heterocycles. The quantitative estimate of drug-likeness (QED) is 0.830. The summed E-state index contributed by atoms with van der Waals surface area (Å²) in [6, 6.07) is 6.19. The molecule has 3 N–H and O–H groups in total. The molecule has 0 amide bonds. The fourth-order valence-electron chi connectivity index (χ4n) is 3.04. The molecule has 1 heterocycles. The molecule has 1 aliphatic carbocycles. The van der Waals surface area contributed by atoms with Gasteiger partial charge in [-0.2, -0.15) is 0 Å². The maximum absolute atomic E-state index is 12.2. The predicted octanol–water partition coefficient (Wildman–Crippen LogP) is 3.08. The van der Waals surface area contributed by atoms with Crippen LogP contribution in [0.2, 0.25) is 0 Å². The molecule has 0 atom stereocenters. The second-order valence-corrected chi connectivity index (χ2v) is 9.09. The van der Waals surface area contributed by atoms with Crippen LogP contribution in [0.15, 0.2) is 33.8 Å². The average Bonchev–Trinajstić information content (AvgIpc) is 2.49. The highest BCUT2D eigenvalue weighted by Crippen LogP contribution is 2.33. The number of fused-ring (bicyclic) bond motifs is 1. The minimum atomic E-state index is -3.36. The van der Waals surface area contributed by atoms with Gasteiger partial charge in [-0.05, 0) is 43.9 Å². The summed E-state index contributed by atoms with van der Waals surface area (Å²) in [6.45, 7) is 0. The van der Waals surface area contributed by atoms with E-state index >= 15 is 0 Å². The molecule has 0 bridgehead atoms. The smallest absolute Gasteiger partial charge is 0.179 e. The van der Waals surface area contributed by atoms with Crippen molar-refractivity contribution in [1.29, 1.82) is 0 Å². The molecule has 1 aliphatic rings. The third kappa shape index (κ3) is 3.67. The third-order valence-corrected chi connectivity index (χ3v) is 5.92. The highest BCUT2D eigenvalue weighted by atomic mass is 79.9. The zero-order chi connectivity index (χ0) is 16.6. The van der Waals surface area contributed by atoms with Gasteiger partial charge in [0.25, 0.3) is 0 Å². The number of rotatable bonds is 3. The van der Waals surface area contributed by atoms with Crippen LogP contribution in [0, 0.1) is 0 Å². The first kappa shape index (κ1) is 16.7. The zero-order valence-electron chi connectivity index (χ0n) is 12.9. The maximum atomic E-state index is 12.2. The lowest BCUT2D eigenvalue weighted by Crippen LogP contribution is -2.33. The molecule has 1 fully saturated rings. The van der Waals surface area contributed by atoms with Crippen LogP contribution in [0.25, 0.3) is 10.9 Å². The van der Waals surface area contributed by atoms with E-state index in [-0.39, 0.29) is 17.0 Å². The molecule has 5 nitrogen and oxygen atoms in total. The Hall–Kier alpha value is -1.18. The SMILES string of the molecule is CS(=O)(=O)c1cnc2ccc(Br)cc2c1N[C@H]1CC[C@H](N)CC1. The summed E-state index contributed by atoms with van der Waals surface area (Å²) >= 11 is 3.45. The second kappa shape index (κ2) is 6.37. The van der Waals surface area contributed by atoms with Crippen LogP contribution >= 0.6 is 15.9 Å². The molecule has 0 unspecified atom stereocenters. The van der Waals surface area contributed by atoms with Crippen molar-refractivity contribution in [3.63, 3.8) is 0 Å². The number of sulfone groups is 1. The first-order chi connectivity index (χ1) is 10.8.